The molecule has 1 N–H and O–H groups in total. The van der Waals surface area contributed by atoms with Crippen LogP contribution in [-0.4, -0.2) is 63.7 Å². The first-order valence-corrected chi connectivity index (χ1v) is 8.22. The second-order valence-corrected chi connectivity index (χ2v) is 6.79. The fraction of sp³-hybridized carbons (Fsp3) is 0.667. The minimum Gasteiger partial charge on any atom is -0.317 e. The molecule has 1 fully saturated rings. The van der Waals surface area contributed by atoms with Crippen molar-refractivity contribution in [2.75, 3.05) is 53.9 Å². The molecule has 1 saturated heterocycles. The minimum absolute atomic E-state index is 0.333. The summed E-state index contributed by atoms with van der Waals surface area (Å²) in [5.41, 5.74) is 1.85. The number of nitrogens with one attached hydrogen (secondary N) is 1. The zero-order chi connectivity index (χ0) is 15.1. The molecule has 1 aliphatic heterocycles. The van der Waals surface area contributed by atoms with Gasteiger partial charge in [0.25, 0.3) is 0 Å². The Morgan fingerprint density at radius 2 is 1.67 bits per heavy atom. The highest BCUT2D eigenvalue weighted by atomic mass is 15.1. The van der Waals surface area contributed by atoms with Gasteiger partial charge in [-0.25, -0.2) is 0 Å². The Hall–Kier alpha value is -0.900. The second-order valence-electron chi connectivity index (χ2n) is 6.79. The number of hydrogen-bond acceptors (Lipinski definition) is 3. The first-order chi connectivity index (χ1) is 10.1. The van der Waals surface area contributed by atoms with E-state index in [2.05, 4.69) is 66.6 Å². The molecule has 2 rings (SSSR count). The van der Waals surface area contributed by atoms with Crippen LogP contribution in [0.5, 0.6) is 0 Å². The van der Waals surface area contributed by atoms with Crippen LogP contribution >= 0.6 is 0 Å². The number of hydrogen-bond donors (Lipinski definition) is 1. The lowest BCUT2D eigenvalue weighted by Crippen LogP contribution is -2.47. The Bertz CT molecular complexity index is 396. The Labute approximate surface area is 130 Å². The van der Waals surface area contributed by atoms with Gasteiger partial charge in [-0.3, -0.25) is 0 Å². The lowest BCUT2D eigenvalue weighted by molar-refractivity contribution is 0.195. The normalized spacial score (nSPS) is 18.3. The van der Waals surface area contributed by atoms with E-state index in [4.69, 9.17) is 0 Å². The summed E-state index contributed by atoms with van der Waals surface area (Å²) in [5.74, 6) is 0. The lowest BCUT2D eigenvalue weighted by Gasteiger charge is -2.41. The zero-order valence-corrected chi connectivity index (χ0v) is 13.9. The number of benzene rings is 1. The van der Waals surface area contributed by atoms with Gasteiger partial charge in [0.2, 0.25) is 0 Å². The molecule has 0 aliphatic carbocycles. The van der Waals surface area contributed by atoms with Crippen LogP contribution < -0.4 is 5.32 Å². The molecule has 118 valence electrons. The van der Waals surface area contributed by atoms with Crippen molar-refractivity contribution in [2.24, 2.45) is 0 Å². The Kier molecular flexibility index (Phi) is 6.22. The van der Waals surface area contributed by atoms with Crippen molar-refractivity contribution in [3.05, 3.63) is 35.9 Å². The standard InChI is InChI=1S/C18H31N3/c1-20(2)14-7-15-21(3)16-18(10-12-19-13-11-18)17-8-5-4-6-9-17/h4-6,8-9,19H,7,10-16H2,1-3H3. The fourth-order valence-electron chi connectivity index (χ4n) is 3.49. The van der Waals surface area contributed by atoms with E-state index in [1.807, 2.05) is 0 Å². The van der Waals surface area contributed by atoms with Crippen LogP contribution in [0, 0.1) is 0 Å². The SMILES string of the molecule is CN(C)CCCN(C)CC1(c2ccccc2)CCNCC1. The Morgan fingerprint density at radius 3 is 2.29 bits per heavy atom. The third kappa shape index (κ3) is 4.80. The molecule has 0 aromatic heterocycles. The van der Waals surface area contributed by atoms with Crippen molar-refractivity contribution in [2.45, 2.75) is 24.7 Å². The predicted molar refractivity (Wildman–Crippen MR) is 90.9 cm³/mol. The monoisotopic (exact) mass is 289 g/mol. The first kappa shape index (κ1) is 16.5. The molecule has 0 spiro atoms. The molecule has 21 heavy (non-hydrogen) atoms. The van der Waals surface area contributed by atoms with Crippen molar-refractivity contribution >= 4 is 0 Å². The maximum atomic E-state index is 3.52. The maximum Gasteiger partial charge on any atom is 0.0104 e. The van der Waals surface area contributed by atoms with Crippen molar-refractivity contribution in [3.63, 3.8) is 0 Å². The summed E-state index contributed by atoms with van der Waals surface area (Å²) >= 11 is 0. The van der Waals surface area contributed by atoms with Crippen LogP contribution in [0.4, 0.5) is 0 Å². The largest absolute Gasteiger partial charge is 0.317 e. The van der Waals surface area contributed by atoms with E-state index in [1.165, 1.54) is 44.5 Å². The van der Waals surface area contributed by atoms with E-state index in [0.29, 0.717) is 5.41 Å². The van der Waals surface area contributed by atoms with Gasteiger partial charge in [0.15, 0.2) is 0 Å². The van der Waals surface area contributed by atoms with Gasteiger partial charge in [-0.1, -0.05) is 30.3 Å². The van der Waals surface area contributed by atoms with E-state index in [1.54, 1.807) is 0 Å². The van der Waals surface area contributed by atoms with E-state index in [0.717, 1.165) is 13.1 Å². The molecule has 1 aliphatic rings. The topological polar surface area (TPSA) is 18.5 Å². The second kappa shape index (κ2) is 7.92. The van der Waals surface area contributed by atoms with Crippen LogP contribution in [-0.2, 0) is 5.41 Å². The quantitative estimate of drug-likeness (QED) is 0.830. The van der Waals surface area contributed by atoms with Crippen molar-refractivity contribution in [3.8, 4) is 0 Å². The smallest absolute Gasteiger partial charge is 0.0104 e. The van der Waals surface area contributed by atoms with E-state index >= 15 is 0 Å². The molecule has 3 nitrogen and oxygen atoms in total. The number of nitrogens with zero attached hydrogens (tertiary/aromatic N) is 2. The molecule has 3 heteroatoms. The summed E-state index contributed by atoms with van der Waals surface area (Å²) in [5, 5.41) is 3.52. The average Bonchev–Trinajstić information content (AvgIpc) is 2.48. The summed E-state index contributed by atoms with van der Waals surface area (Å²) in [4.78, 5) is 4.80. The van der Waals surface area contributed by atoms with Gasteiger partial charge in [0.05, 0.1) is 0 Å². The molecule has 0 unspecified atom stereocenters. The highest BCUT2D eigenvalue weighted by Crippen LogP contribution is 2.34. The third-order valence-electron chi connectivity index (χ3n) is 4.66. The molecule has 0 atom stereocenters. The molecule has 0 bridgehead atoms. The third-order valence-corrected chi connectivity index (χ3v) is 4.66. The van der Waals surface area contributed by atoms with Gasteiger partial charge in [-0.05, 0) is 72.1 Å². The maximum absolute atomic E-state index is 3.52. The summed E-state index contributed by atoms with van der Waals surface area (Å²) < 4.78 is 0. The molecule has 0 radical (unpaired) electrons. The van der Waals surface area contributed by atoms with Crippen LogP contribution in [0.2, 0.25) is 0 Å². The Balaban J connectivity index is 2.00. The van der Waals surface area contributed by atoms with E-state index in [-0.39, 0.29) is 0 Å². The van der Waals surface area contributed by atoms with Crippen molar-refractivity contribution in [1.29, 1.82) is 0 Å². The summed E-state index contributed by atoms with van der Waals surface area (Å²) in [6.07, 6.45) is 3.73. The number of piperidine rings is 1. The molecule has 1 aromatic rings. The van der Waals surface area contributed by atoms with Crippen molar-refractivity contribution < 1.29 is 0 Å². The molecule has 0 amide bonds. The molecule has 1 aromatic carbocycles. The van der Waals surface area contributed by atoms with Gasteiger partial charge >= 0.3 is 0 Å². The average molecular weight is 289 g/mol. The van der Waals surface area contributed by atoms with Gasteiger partial charge in [0.1, 0.15) is 0 Å². The summed E-state index contributed by atoms with van der Waals surface area (Å²) in [6, 6.07) is 11.1. The molecule has 1 heterocycles. The van der Waals surface area contributed by atoms with E-state index in [9.17, 15) is 0 Å². The first-order valence-electron chi connectivity index (χ1n) is 8.22. The van der Waals surface area contributed by atoms with E-state index < -0.39 is 0 Å². The highest BCUT2D eigenvalue weighted by Gasteiger charge is 2.34. The summed E-state index contributed by atoms with van der Waals surface area (Å²) in [6.45, 7) is 5.80. The highest BCUT2D eigenvalue weighted by molar-refractivity contribution is 5.27. The lowest BCUT2D eigenvalue weighted by atomic mass is 9.73. The Morgan fingerprint density at radius 1 is 1.00 bits per heavy atom. The number of rotatable bonds is 7. The number of likely N-dealkylation sites (N-methyl/N-ethyl adjacent to an activating group) is 1. The van der Waals surface area contributed by atoms with Crippen LogP contribution in [0.1, 0.15) is 24.8 Å². The van der Waals surface area contributed by atoms with Crippen molar-refractivity contribution in [1.82, 2.24) is 15.1 Å². The minimum atomic E-state index is 0.333. The van der Waals surface area contributed by atoms with Gasteiger partial charge in [-0.15, -0.1) is 0 Å². The van der Waals surface area contributed by atoms with Gasteiger partial charge < -0.3 is 15.1 Å². The van der Waals surface area contributed by atoms with Gasteiger partial charge in [-0.2, -0.15) is 0 Å². The van der Waals surface area contributed by atoms with Crippen LogP contribution in [0.3, 0.4) is 0 Å². The summed E-state index contributed by atoms with van der Waals surface area (Å²) in [7, 11) is 6.58. The molecular weight excluding hydrogens is 258 g/mol. The van der Waals surface area contributed by atoms with Crippen LogP contribution in [0.15, 0.2) is 30.3 Å². The van der Waals surface area contributed by atoms with Gasteiger partial charge in [0, 0.05) is 12.0 Å². The van der Waals surface area contributed by atoms with Crippen LogP contribution in [0.25, 0.3) is 0 Å². The predicted octanol–water partition coefficient (Wildman–Crippen LogP) is 2.19. The molecule has 0 saturated carbocycles. The fourth-order valence-corrected chi connectivity index (χ4v) is 3.49. The zero-order valence-electron chi connectivity index (χ0n) is 13.9. The molecular formula is C18H31N3.